The fraction of sp³-hybridized carbons (Fsp3) is 0.250. The lowest BCUT2D eigenvalue weighted by Crippen LogP contribution is -2.06. The predicted octanol–water partition coefficient (Wildman–Crippen LogP) is 1.61. The maximum absolute atomic E-state index is 5.27. The molecule has 0 spiro atoms. The van der Waals surface area contributed by atoms with E-state index in [2.05, 4.69) is 20.4 Å². The summed E-state index contributed by atoms with van der Waals surface area (Å²) < 4.78 is 7.00. The Morgan fingerprint density at radius 1 is 1.39 bits per heavy atom. The van der Waals surface area contributed by atoms with Gasteiger partial charge in [-0.25, -0.2) is 9.97 Å². The maximum atomic E-state index is 5.27. The molecule has 0 saturated heterocycles. The second kappa shape index (κ2) is 4.48. The molecule has 0 saturated carbocycles. The summed E-state index contributed by atoms with van der Waals surface area (Å²) in [5, 5.41) is 8.37. The van der Waals surface area contributed by atoms with E-state index in [4.69, 9.17) is 4.42 Å². The summed E-state index contributed by atoms with van der Waals surface area (Å²) in [6.07, 6.45) is 5.81. The first-order valence-electron chi connectivity index (χ1n) is 5.73. The van der Waals surface area contributed by atoms with Crippen molar-refractivity contribution in [2.24, 2.45) is 7.05 Å². The Kier molecular flexibility index (Phi) is 2.68. The Hall–Kier alpha value is -2.37. The molecule has 0 bridgehead atoms. The number of nitrogens with zero attached hydrogens (tertiary/aromatic N) is 4. The molecule has 1 N–H and O–H groups in total. The molecule has 0 aliphatic rings. The van der Waals surface area contributed by atoms with Crippen LogP contribution < -0.4 is 5.32 Å². The molecular formula is C12H13N5O. The van der Waals surface area contributed by atoms with Crippen molar-refractivity contribution >= 4 is 16.9 Å². The lowest BCUT2D eigenvalue weighted by atomic mass is 10.3. The molecule has 3 heterocycles. The van der Waals surface area contributed by atoms with E-state index in [0.717, 1.165) is 35.6 Å². The van der Waals surface area contributed by atoms with Gasteiger partial charge in [-0.05, 0) is 12.1 Å². The number of anilines is 1. The van der Waals surface area contributed by atoms with Crippen molar-refractivity contribution in [1.82, 2.24) is 19.7 Å². The van der Waals surface area contributed by atoms with E-state index >= 15 is 0 Å². The third-order valence-corrected chi connectivity index (χ3v) is 2.77. The third-order valence-electron chi connectivity index (χ3n) is 2.77. The van der Waals surface area contributed by atoms with Gasteiger partial charge in [-0.15, -0.1) is 0 Å². The second-order valence-corrected chi connectivity index (χ2v) is 3.98. The number of aromatic nitrogens is 4. The Morgan fingerprint density at radius 3 is 3.17 bits per heavy atom. The molecule has 0 atom stereocenters. The Morgan fingerprint density at radius 2 is 2.33 bits per heavy atom. The van der Waals surface area contributed by atoms with E-state index in [-0.39, 0.29) is 0 Å². The molecule has 0 aliphatic carbocycles. The molecular weight excluding hydrogens is 230 g/mol. The zero-order valence-electron chi connectivity index (χ0n) is 10.00. The number of hydrogen-bond donors (Lipinski definition) is 1. The summed E-state index contributed by atoms with van der Waals surface area (Å²) >= 11 is 0. The highest BCUT2D eigenvalue weighted by atomic mass is 16.3. The molecule has 6 nitrogen and oxygen atoms in total. The monoisotopic (exact) mass is 243 g/mol. The van der Waals surface area contributed by atoms with Gasteiger partial charge in [-0.2, -0.15) is 5.10 Å². The normalized spacial score (nSPS) is 10.9. The van der Waals surface area contributed by atoms with Gasteiger partial charge in [0.15, 0.2) is 5.65 Å². The van der Waals surface area contributed by atoms with Crippen LogP contribution in [0.25, 0.3) is 11.0 Å². The molecule has 0 unspecified atom stereocenters. The van der Waals surface area contributed by atoms with Crippen LogP contribution in [-0.2, 0) is 13.5 Å². The standard InChI is InChI=1S/C12H13N5O/c1-17-12-10(7-16-17)11(14-8-15-12)13-5-4-9-3-2-6-18-9/h2-3,6-8H,4-5H2,1H3,(H,13,14,15). The van der Waals surface area contributed by atoms with Gasteiger partial charge in [0.2, 0.25) is 0 Å². The van der Waals surface area contributed by atoms with Gasteiger partial charge < -0.3 is 9.73 Å². The molecule has 18 heavy (non-hydrogen) atoms. The van der Waals surface area contributed by atoms with Crippen LogP contribution in [0.15, 0.2) is 35.3 Å². The summed E-state index contributed by atoms with van der Waals surface area (Å²) in [5.74, 6) is 1.76. The predicted molar refractivity (Wildman–Crippen MR) is 67.2 cm³/mol. The number of hydrogen-bond acceptors (Lipinski definition) is 5. The minimum Gasteiger partial charge on any atom is -0.469 e. The minimum atomic E-state index is 0.758. The highest BCUT2D eigenvalue weighted by Crippen LogP contribution is 2.17. The van der Waals surface area contributed by atoms with Crippen LogP contribution in [0, 0.1) is 0 Å². The highest BCUT2D eigenvalue weighted by Gasteiger charge is 2.07. The number of nitrogens with one attached hydrogen (secondary N) is 1. The average Bonchev–Trinajstić information content (AvgIpc) is 3.01. The minimum absolute atomic E-state index is 0.758. The van der Waals surface area contributed by atoms with Gasteiger partial charge >= 0.3 is 0 Å². The first-order chi connectivity index (χ1) is 8.84. The van der Waals surface area contributed by atoms with E-state index in [1.54, 1.807) is 23.5 Å². The van der Waals surface area contributed by atoms with Crippen LogP contribution >= 0.6 is 0 Å². The molecule has 0 amide bonds. The van der Waals surface area contributed by atoms with Crippen LogP contribution in [0.5, 0.6) is 0 Å². The first-order valence-corrected chi connectivity index (χ1v) is 5.73. The number of fused-ring (bicyclic) bond motifs is 1. The quantitative estimate of drug-likeness (QED) is 0.754. The summed E-state index contributed by atoms with van der Waals surface area (Å²) in [4.78, 5) is 8.42. The molecule has 0 radical (unpaired) electrons. The first kappa shape index (κ1) is 10.8. The van der Waals surface area contributed by atoms with Crippen molar-refractivity contribution in [2.45, 2.75) is 6.42 Å². The van der Waals surface area contributed by atoms with Crippen molar-refractivity contribution in [3.8, 4) is 0 Å². The van der Waals surface area contributed by atoms with Crippen molar-refractivity contribution < 1.29 is 4.42 Å². The lowest BCUT2D eigenvalue weighted by molar-refractivity contribution is 0.513. The van der Waals surface area contributed by atoms with E-state index < -0.39 is 0 Å². The SMILES string of the molecule is Cn1ncc2c(NCCc3ccco3)ncnc21. The van der Waals surface area contributed by atoms with Crippen LogP contribution in [0.1, 0.15) is 5.76 Å². The Labute approximate surface area is 104 Å². The number of aryl methyl sites for hydroxylation is 1. The smallest absolute Gasteiger partial charge is 0.163 e. The van der Waals surface area contributed by atoms with Crippen LogP contribution in [0.4, 0.5) is 5.82 Å². The molecule has 6 heteroatoms. The van der Waals surface area contributed by atoms with E-state index in [1.807, 2.05) is 19.2 Å². The van der Waals surface area contributed by atoms with Crippen LogP contribution in [0.3, 0.4) is 0 Å². The van der Waals surface area contributed by atoms with Gasteiger partial charge in [0, 0.05) is 20.0 Å². The van der Waals surface area contributed by atoms with E-state index in [0.29, 0.717) is 0 Å². The largest absolute Gasteiger partial charge is 0.469 e. The van der Waals surface area contributed by atoms with E-state index in [9.17, 15) is 0 Å². The third kappa shape index (κ3) is 1.92. The van der Waals surface area contributed by atoms with E-state index in [1.165, 1.54) is 0 Å². The second-order valence-electron chi connectivity index (χ2n) is 3.98. The van der Waals surface area contributed by atoms with Crippen LogP contribution in [-0.4, -0.2) is 26.3 Å². The van der Waals surface area contributed by atoms with Crippen molar-refractivity contribution in [3.05, 3.63) is 36.7 Å². The highest BCUT2D eigenvalue weighted by molar-refractivity contribution is 5.85. The van der Waals surface area contributed by atoms with Crippen LogP contribution in [0.2, 0.25) is 0 Å². The molecule has 3 rings (SSSR count). The summed E-state index contributed by atoms with van der Waals surface area (Å²) in [6.45, 7) is 0.758. The zero-order valence-corrected chi connectivity index (χ0v) is 10.00. The molecule has 0 fully saturated rings. The van der Waals surface area contributed by atoms with Crippen molar-refractivity contribution in [1.29, 1.82) is 0 Å². The van der Waals surface area contributed by atoms with Gasteiger partial charge in [0.25, 0.3) is 0 Å². The Balaban J connectivity index is 1.74. The maximum Gasteiger partial charge on any atom is 0.163 e. The number of rotatable bonds is 4. The fourth-order valence-electron chi connectivity index (χ4n) is 1.86. The summed E-state index contributed by atoms with van der Waals surface area (Å²) in [6, 6.07) is 3.85. The van der Waals surface area contributed by atoms with Gasteiger partial charge in [0.05, 0.1) is 17.8 Å². The summed E-state index contributed by atoms with van der Waals surface area (Å²) in [5.41, 5.74) is 0.825. The Bertz CT molecular complexity index is 644. The van der Waals surface area contributed by atoms with Gasteiger partial charge in [-0.1, -0.05) is 0 Å². The molecule has 3 aromatic rings. The van der Waals surface area contributed by atoms with Crippen molar-refractivity contribution in [2.75, 3.05) is 11.9 Å². The molecule has 0 aromatic carbocycles. The average molecular weight is 243 g/mol. The van der Waals surface area contributed by atoms with Crippen molar-refractivity contribution in [3.63, 3.8) is 0 Å². The molecule has 3 aromatic heterocycles. The van der Waals surface area contributed by atoms with Gasteiger partial charge in [-0.3, -0.25) is 4.68 Å². The summed E-state index contributed by atoms with van der Waals surface area (Å²) in [7, 11) is 1.86. The lowest BCUT2D eigenvalue weighted by Gasteiger charge is -2.04. The fourth-order valence-corrected chi connectivity index (χ4v) is 1.86. The van der Waals surface area contributed by atoms with Gasteiger partial charge in [0.1, 0.15) is 17.9 Å². The molecule has 92 valence electrons. The zero-order chi connectivity index (χ0) is 12.4. The topological polar surface area (TPSA) is 68.8 Å². The number of furan rings is 1. The molecule has 0 aliphatic heterocycles.